The van der Waals surface area contributed by atoms with Gasteiger partial charge in [-0.2, -0.15) is 5.26 Å². The zero-order valence-electron chi connectivity index (χ0n) is 18.6. The molecule has 1 heterocycles. The van der Waals surface area contributed by atoms with Crippen LogP contribution in [0.5, 0.6) is 5.75 Å². The lowest BCUT2D eigenvalue weighted by Gasteiger charge is -2.08. The van der Waals surface area contributed by atoms with Gasteiger partial charge in [-0.05, 0) is 48.2 Å². The Balaban J connectivity index is 1.14. The van der Waals surface area contributed by atoms with E-state index in [-0.39, 0.29) is 0 Å². The highest BCUT2D eigenvalue weighted by Gasteiger charge is 2.21. The third kappa shape index (κ3) is 9.55. The molecule has 1 aliphatic heterocycles. The van der Waals surface area contributed by atoms with E-state index in [0.717, 1.165) is 49.7 Å². The van der Waals surface area contributed by atoms with Crippen molar-refractivity contribution in [3.05, 3.63) is 54.1 Å². The summed E-state index contributed by atoms with van der Waals surface area (Å²) in [6, 6.07) is 18.0. The highest BCUT2D eigenvalue weighted by molar-refractivity contribution is 5.64. The van der Waals surface area contributed by atoms with E-state index < -0.39 is 0 Å². The van der Waals surface area contributed by atoms with Crippen LogP contribution in [0, 0.1) is 11.3 Å². The molecule has 0 unspecified atom stereocenters. The number of ether oxygens (including phenoxy) is 3. The number of unbranched alkanes of at least 4 members (excludes halogenated alkanes) is 8. The molecule has 2 aromatic rings. The lowest BCUT2D eigenvalue weighted by atomic mass is 10.0. The lowest BCUT2D eigenvalue weighted by Crippen LogP contribution is -2.02. The third-order valence-corrected chi connectivity index (χ3v) is 5.61. The molecule has 31 heavy (non-hydrogen) atoms. The third-order valence-electron chi connectivity index (χ3n) is 5.61. The first-order valence-corrected chi connectivity index (χ1v) is 11.8. The smallest absolute Gasteiger partial charge is 0.119 e. The predicted octanol–water partition coefficient (Wildman–Crippen LogP) is 6.53. The van der Waals surface area contributed by atoms with Crippen molar-refractivity contribution in [3.63, 3.8) is 0 Å². The van der Waals surface area contributed by atoms with Crippen LogP contribution in [0.25, 0.3) is 11.1 Å². The van der Waals surface area contributed by atoms with E-state index in [0.29, 0.717) is 11.7 Å². The maximum absolute atomic E-state index is 8.89. The summed E-state index contributed by atoms with van der Waals surface area (Å²) < 4.78 is 16.6. The summed E-state index contributed by atoms with van der Waals surface area (Å²) >= 11 is 0. The first kappa shape index (κ1) is 23.3. The summed E-state index contributed by atoms with van der Waals surface area (Å²) in [5.41, 5.74) is 2.93. The van der Waals surface area contributed by atoms with Crippen LogP contribution in [0.1, 0.15) is 63.4 Å². The van der Waals surface area contributed by atoms with Gasteiger partial charge >= 0.3 is 0 Å². The molecule has 0 bridgehead atoms. The first-order valence-electron chi connectivity index (χ1n) is 11.8. The van der Waals surface area contributed by atoms with Crippen LogP contribution in [-0.2, 0) is 9.47 Å². The Bertz CT molecular complexity index is 776. The van der Waals surface area contributed by atoms with Gasteiger partial charge in [0.2, 0.25) is 0 Å². The largest absolute Gasteiger partial charge is 0.494 e. The van der Waals surface area contributed by atoms with Gasteiger partial charge in [0.25, 0.3) is 0 Å². The molecule has 1 aliphatic rings. The van der Waals surface area contributed by atoms with E-state index in [1.807, 2.05) is 36.4 Å². The van der Waals surface area contributed by atoms with Crippen molar-refractivity contribution in [3.8, 4) is 22.9 Å². The SMILES string of the molecule is N#Cc1ccc(-c2ccc(OCCCCCCCCCCCOC[C@H]3CO3)cc2)cc1. The average Bonchev–Trinajstić information content (AvgIpc) is 3.64. The molecule has 1 fully saturated rings. The number of benzene rings is 2. The van der Waals surface area contributed by atoms with Crippen LogP contribution in [0.3, 0.4) is 0 Å². The van der Waals surface area contributed by atoms with Crippen molar-refractivity contribution in [2.24, 2.45) is 0 Å². The second-order valence-corrected chi connectivity index (χ2v) is 8.27. The Hall–Kier alpha value is -2.35. The van der Waals surface area contributed by atoms with Crippen molar-refractivity contribution in [1.82, 2.24) is 0 Å². The molecule has 2 aromatic carbocycles. The molecule has 0 N–H and O–H groups in total. The summed E-state index contributed by atoms with van der Waals surface area (Å²) in [7, 11) is 0. The molecular formula is C27H35NO3. The van der Waals surface area contributed by atoms with Crippen LogP contribution in [0.4, 0.5) is 0 Å². The Labute approximate surface area is 187 Å². The number of hydrogen-bond donors (Lipinski definition) is 0. The first-order chi connectivity index (χ1) is 15.3. The van der Waals surface area contributed by atoms with Gasteiger partial charge in [0, 0.05) is 6.61 Å². The molecule has 0 aliphatic carbocycles. The molecule has 0 aromatic heterocycles. The Morgan fingerprint density at radius 2 is 1.26 bits per heavy atom. The van der Waals surface area contributed by atoms with Crippen LogP contribution in [0.15, 0.2) is 48.5 Å². The fourth-order valence-corrected chi connectivity index (χ4v) is 3.59. The molecule has 0 radical (unpaired) electrons. The lowest BCUT2D eigenvalue weighted by molar-refractivity contribution is 0.113. The Kier molecular flexibility index (Phi) is 10.4. The molecule has 0 spiro atoms. The standard InChI is InChI=1S/C27H35NO3/c28-20-23-10-12-24(13-11-23)25-14-16-26(17-15-25)30-19-9-7-5-3-1-2-4-6-8-18-29-21-27-22-31-27/h10-17,27H,1-9,18-19,21-22H2/t27-/m0/s1. The Morgan fingerprint density at radius 1 is 0.742 bits per heavy atom. The van der Waals surface area contributed by atoms with Crippen LogP contribution < -0.4 is 4.74 Å². The number of epoxide rings is 1. The highest BCUT2D eigenvalue weighted by atomic mass is 16.6. The quantitative estimate of drug-likeness (QED) is 0.228. The maximum Gasteiger partial charge on any atom is 0.119 e. The second-order valence-electron chi connectivity index (χ2n) is 8.27. The van der Waals surface area contributed by atoms with Crippen LogP contribution in [0.2, 0.25) is 0 Å². The van der Waals surface area contributed by atoms with E-state index in [2.05, 4.69) is 18.2 Å². The molecule has 4 heteroatoms. The summed E-state index contributed by atoms with van der Waals surface area (Å²) in [4.78, 5) is 0. The van der Waals surface area contributed by atoms with Gasteiger partial charge in [0.05, 0.1) is 31.5 Å². The minimum atomic E-state index is 0.394. The number of nitrogens with zero attached hydrogens (tertiary/aromatic N) is 1. The van der Waals surface area contributed by atoms with Crippen LogP contribution in [-0.4, -0.2) is 32.5 Å². The van der Waals surface area contributed by atoms with Gasteiger partial charge in [0.1, 0.15) is 11.9 Å². The summed E-state index contributed by atoms with van der Waals surface area (Å²) in [6.45, 7) is 3.34. The van der Waals surface area contributed by atoms with E-state index in [1.165, 1.54) is 51.4 Å². The van der Waals surface area contributed by atoms with Crippen molar-refractivity contribution < 1.29 is 14.2 Å². The number of hydrogen-bond acceptors (Lipinski definition) is 4. The zero-order valence-corrected chi connectivity index (χ0v) is 18.6. The van der Waals surface area contributed by atoms with Crippen molar-refractivity contribution in [1.29, 1.82) is 5.26 Å². The van der Waals surface area contributed by atoms with Crippen molar-refractivity contribution >= 4 is 0 Å². The minimum absolute atomic E-state index is 0.394. The van der Waals surface area contributed by atoms with E-state index in [9.17, 15) is 0 Å². The molecule has 0 saturated carbocycles. The van der Waals surface area contributed by atoms with Crippen LogP contribution >= 0.6 is 0 Å². The molecular weight excluding hydrogens is 386 g/mol. The Morgan fingerprint density at radius 3 is 1.81 bits per heavy atom. The topological polar surface area (TPSA) is 54.8 Å². The monoisotopic (exact) mass is 421 g/mol. The summed E-state index contributed by atoms with van der Waals surface area (Å²) in [5, 5.41) is 8.89. The van der Waals surface area contributed by atoms with Gasteiger partial charge in [-0.25, -0.2) is 0 Å². The van der Waals surface area contributed by atoms with E-state index in [4.69, 9.17) is 19.5 Å². The fourth-order valence-electron chi connectivity index (χ4n) is 3.59. The summed E-state index contributed by atoms with van der Waals surface area (Å²) in [5.74, 6) is 0.922. The minimum Gasteiger partial charge on any atom is -0.494 e. The molecule has 1 atom stereocenters. The maximum atomic E-state index is 8.89. The summed E-state index contributed by atoms with van der Waals surface area (Å²) in [6.07, 6.45) is 11.8. The van der Waals surface area contributed by atoms with Crippen molar-refractivity contribution in [2.45, 2.75) is 63.9 Å². The second kappa shape index (κ2) is 13.9. The number of nitriles is 1. The average molecular weight is 422 g/mol. The van der Waals surface area contributed by atoms with Gasteiger partial charge < -0.3 is 14.2 Å². The molecule has 1 saturated heterocycles. The van der Waals surface area contributed by atoms with E-state index in [1.54, 1.807) is 0 Å². The molecule has 4 nitrogen and oxygen atoms in total. The fraction of sp³-hybridized carbons (Fsp3) is 0.519. The normalized spacial score (nSPS) is 14.9. The molecule has 3 rings (SSSR count). The molecule has 166 valence electrons. The van der Waals surface area contributed by atoms with E-state index >= 15 is 0 Å². The predicted molar refractivity (Wildman–Crippen MR) is 124 cm³/mol. The number of rotatable bonds is 16. The molecule has 0 amide bonds. The van der Waals surface area contributed by atoms with Crippen molar-refractivity contribution in [2.75, 3.05) is 26.4 Å². The van der Waals surface area contributed by atoms with Gasteiger partial charge in [-0.1, -0.05) is 69.2 Å². The van der Waals surface area contributed by atoms with Gasteiger partial charge in [-0.3, -0.25) is 0 Å². The van der Waals surface area contributed by atoms with Gasteiger partial charge in [0.15, 0.2) is 0 Å². The zero-order chi connectivity index (χ0) is 21.6. The van der Waals surface area contributed by atoms with Gasteiger partial charge in [-0.15, -0.1) is 0 Å². The highest BCUT2D eigenvalue weighted by Crippen LogP contribution is 2.23.